The molecule has 0 aliphatic heterocycles. The highest BCUT2D eigenvalue weighted by atomic mass is 32.2. The number of carbonyl (C=O) groups is 1. The van der Waals surface area contributed by atoms with Gasteiger partial charge in [0.2, 0.25) is 0 Å². The summed E-state index contributed by atoms with van der Waals surface area (Å²) in [4.78, 5) is 23.1. The molecule has 190 valence electrons. The molecule has 1 heterocycles. The van der Waals surface area contributed by atoms with Gasteiger partial charge in [0.05, 0.1) is 11.0 Å². The Morgan fingerprint density at radius 3 is 2.38 bits per heavy atom. The number of non-ortho nitro benzene ring substituents is 1. The van der Waals surface area contributed by atoms with Gasteiger partial charge in [-0.25, -0.2) is 18.0 Å². The summed E-state index contributed by atoms with van der Waals surface area (Å²) in [5.41, 5.74) is 1.30. The molecule has 9 nitrogen and oxygen atoms in total. The fraction of sp³-hybridized carbons (Fsp3) is 0.125. The van der Waals surface area contributed by atoms with Gasteiger partial charge in [-0.1, -0.05) is 23.9 Å². The maximum atomic E-state index is 13.5. The molecule has 4 aromatic rings. The van der Waals surface area contributed by atoms with Crippen molar-refractivity contribution in [2.24, 2.45) is 0 Å². The number of amides is 2. The van der Waals surface area contributed by atoms with Gasteiger partial charge in [0, 0.05) is 35.3 Å². The Balaban J connectivity index is 1.58. The number of nitrogens with zero attached hydrogens (tertiary/aromatic N) is 4. The van der Waals surface area contributed by atoms with Crippen LogP contribution in [-0.2, 0) is 5.75 Å². The lowest BCUT2D eigenvalue weighted by molar-refractivity contribution is -0.384. The number of benzene rings is 3. The Morgan fingerprint density at radius 2 is 1.73 bits per heavy atom. The van der Waals surface area contributed by atoms with Crippen molar-refractivity contribution in [3.05, 3.63) is 106 Å². The number of hydrogen-bond donors (Lipinski definition) is 2. The van der Waals surface area contributed by atoms with Crippen LogP contribution >= 0.6 is 11.8 Å². The van der Waals surface area contributed by atoms with E-state index in [1.165, 1.54) is 54.2 Å². The molecular formula is C24H19F3N6O3S. The van der Waals surface area contributed by atoms with Crippen molar-refractivity contribution >= 4 is 29.2 Å². The second-order valence-corrected chi connectivity index (χ2v) is 8.76. The largest absolute Gasteiger partial charge is 0.328 e. The molecule has 0 aliphatic rings. The van der Waals surface area contributed by atoms with Crippen LogP contribution in [0.25, 0.3) is 5.69 Å². The molecule has 0 aliphatic carbocycles. The summed E-state index contributed by atoms with van der Waals surface area (Å²) in [7, 11) is 0. The van der Waals surface area contributed by atoms with E-state index in [-0.39, 0.29) is 17.2 Å². The number of carbonyl (C=O) groups excluding carboxylic acids is 1. The first-order valence-electron chi connectivity index (χ1n) is 10.8. The lowest BCUT2D eigenvalue weighted by Gasteiger charge is -2.17. The van der Waals surface area contributed by atoms with Gasteiger partial charge in [0.1, 0.15) is 5.82 Å². The number of nitro benzene ring substituents is 1. The summed E-state index contributed by atoms with van der Waals surface area (Å²) >= 11 is 1.30. The highest BCUT2D eigenvalue weighted by Gasteiger charge is 2.22. The van der Waals surface area contributed by atoms with Crippen molar-refractivity contribution in [2.45, 2.75) is 23.9 Å². The van der Waals surface area contributed by atoms with E-state index in [1.54, 1.807) is 23.6 Å². The lowest BCUT2D eigenvalue weighted by atomic mass is 10.2. The molecule has 4 rings (SSSR count). The minimum Gasteiger partial charge on any atom is -0.328 e. The highest BCUT2D eigenvalue weighted by molar-refractivity contribution is 7.98. The zero-order valence-electron chi connectivity index (χ0n) is 19.2. The van der Waals surface area contributed by atoms with Crippen molar-refractivity contribution in [3.63, 3.8) is 0 Å². The molecule has 1 unspecified atom stereocenters. The van der Waals surface area contributed by atoms with Crippen LogP contribution < -0.4 is 10.6 Å². The molecule has 13 heteroatoms. The molecule has 3 aromatic carbocycles. The molecule has 0 spiro atoms. The van der Waals surface area contributed by atoms with E-state index < -0.39 is 28.6 Å². The maximum Gasteiger partial charge on any atom is 0.319 e. The summed E-state index contributed by atoms with van der Waals surface area (Å²) in [5, 5.41) is 25.0. The molecule has 0 saturated heterocycles. The summed E-state index contributed by atoms with van der Waals surface area (Å²) in [6, 6.07) is 13.3. The second-order valence-electron chi connectivity index (χ2n) is 7.81. The number of hydrogen-bond acceptors (Lipinski definition) is 6. The van der Waals surface area contributed by atoms with E-state index in [1.807, 2.05) is 0 Å². The van der Waals surface area contributed by atoms with Crippen LogP contribution in [0.5, 0.6) is 0 Å². The minimum atomic E-state index is -1.11. The normalized spacial score (nSPS) is 11.7. The smallest absolute Gasteiger partial charge is 0.319 e. The maximum absolute atomic E-state index is 13.5. The molecule has 1 aromatic heterocycles. The molecule has 2 N–H and O–H groups in total. The summed E-state index contributed by atoms with van der Waals surface area (Å²) in [6.45, 7) is 1.64. The third kappa shape index (κ3) is 6.25. The Hall–Kier alpha value is -4.39. The Bertz CT molecular complexity index is 1430. The zero-order valence-corrected chi connectivity index (χ0v) is 20.0. The molecular weight excluding hydrogens is 509 g/mol. The molecule has 37 heavy (non-hydrogen) atoms. The topological polar surface area (TPSA) is 115 Å². The van der Waals surface area contributed by atoms with Gasteiger partial charge < -0.3 is 10.6 Å². The molecule has 0 radical (unpaired) electrons. The number of nitro groups is 1. The van der Waals surface area contributed by atoms with Gasteiger partial charge in [-0.05, 0) is 48.9 Å². The van der Waals surface area contributed by atoms with Gasteiger partial charge in [0.15, 0.2) is 22.6 Å². The van der Waals surface area contributed by atoms with Crippen molar-refractivity contribution in [1.82, 2.24) is 20.1 Å². The van der Waals surface area contributed by atoms with Gasteiger partial charge in [-0.3, -0.25) is 14.7 Å². The number of halogens is 3. The van der Waals surface area contributed by atoms with Crippen LogP contribution in [0.2, 0.25) is 0 Å². The number of nitrogens with one attached hydrogen (secondary N) is 2. The van der Waals surface area contributed by atoms with E-state index in [2.05, 4.69) is 20.8 Å². The minimum absolute atomic E-state index is 0.0518. The number of thioether (sulfide) groups is 1. The monoisotopic (exact) mass is 528 g/mol. The van der Waals surface area contributed by atoms with Gasteiger partial charge >= 0.3 is 6.03 Å². The molecule has 0 saturated carbocycles. The first kappa shape index (κ1) is 25.7. The van der Waals surface area contributed by atoms with Crippen molar-refractivity contribution in [2.75, 3.05) is 5.32 Å². The van der Waals surface area contributed by atoms with E-state index in [4.69, 9.17) is 0 Å². The van der Waals surface area contributed by atoms with Crippen LogP contribution in [0.3, 0.4) is 0 Å². The number of aromatic nitrogens is 3. The lowest BCUT2D eigenvalue weighted by Crippen LogP contribution is -2.32. The fourth-order valence-electron chi connectivity index (χ4n) is 3.35. The first-order valence-corrected chi connectivity index (χ1v) is 11.8. The van der Waals surface area contributed by atoms with Crippen LogP contribution in [0.1, 0.15) is 24.4 Å². The third-order valence-corrected chi connectivity index (χ3v) is 6.17. The van der Waals surface area contributed by atoms with Crippen molar-refractivity contribution in [1.29, 1.82) is 0 Å². The quantitative estimate of drug-likeness (QED) is 0.171. The summed E-state index contributed by atoms with van der Waals surface area (Å²) in [5.74, 6) is -1.75. The van der Waals surface area contributed by atoms with Gasteiger partial charge in [-0.15, -0.1) is 10.2 Å². The highest BCUT2D eigenvalue weighted by Crippen LogP contribution is 2.28. The van der Waals surface area contributed by atoms with Crippen LogP contribution in [-0.4, -0.2) is 25.7 Å². The Kier molecular flexibility index (Phi) is 7.72. The summed E-state index contributed by atoms with van der Waals surface area (Å²) in [6.07, 6.45) is 0. The Morgan fingerprint density at radius 1 is 1.03 bits per heavy atom. The van der Waals surface area contributed by atoms with Crippen LogP contribution in [0.15, 0.2) is 71.9 Å². The first-order chi connectivity index (χ1) is 17.7. The van der Waals surface area contributed by atoms with E-state index in [0.717, 1.165) is 17.7 Å². The number of urea groups is 1. The molecule has 0 bridgehead atoms. The van der Waals surface area contributed by atoms with E-state index in [9.17, 15) is 28.1 Å². The molecule has 2 amide bonds. The fourth-order valence-corrected chi connectivity index (χ4v) is 4.27. The predicted molar refractivity (Wildman–Crippen MR) is 131 cm³/mol. The van der Waals surface area contributed by atoms with Crippen molar-refractivity contribution < 1.29 is 22.9 Å². The molecule has 0 fully saturated rings. The SMILES string of the molecule is CC(NC(=O)Nc1ccc(F)c(F)c1)c1nnc(SCc2ccc(F)cc2)n1-c1ccc([N+](=O)[O-])cc1. The van der Waals surface area contributed by atoms with E-state index >= 15 is 0 Å². The van der Waals surface area contributed by atoms with Gasteiger partial charge in [-0.2, -0.15) is 0 Å². The second kappa shape index (κ2) is 11.1. The Labute approximate surface area is 212 Å². The van der Waals surface area contributed by atoms with Crippen LogP contribution in [0.4, 0.5) is 29.3 Å². The number of anilines is 1. The average Bonchev–Trinajstić information content (AvgIpc) is 3.30. The van der Waals surface area contributed by atoms with Crippen molar-refractivity contribution in [3.8, 4) is 5.69 Å². The van der Waals surface area contributed by atoms with Crippen LogP contribution in [0, 0.1) is 27.6 Å². The standard InChI is InChI=1S/C24H19F3N6O3S/c1-14(28-23(34)29-17-6-11-20(26)21(27)12-17)22-30-31-24(37-13-15-2-4-16(25)5-3-15)32(22)18-7-9-19(10-8-18)33(35)36/h2-12,14H,13H2,1H3,(H2,28,29,34). The average molecular weight is 529 g/mol. The third-order valence-electron chi connectivity index (χ3n) is 5.17. The number of rotatable bonds is 8. The summed E-state index contributed by atoms with van der Waals surface area (Å²) < 4.78 is 41.5. The zero-order chi connectivity index (χ0) is 26.5. The predicted octanol–water partition coefficient (Wildman–Crippen LogP) is 5.77. The van der Waals surface area contributed by atoms with Gasteiger partial charge in [0.25, 0.3) is 5.69 Å². The molecule has 1 atom stereocenters. The van der Waals surface area contributed by atoms with E-state index in [0.29, 0.717) is 22.4 Å².